The smallest absolute Gasteiger partial charge is 0.305 e. The number of nitrogens with zero attached hydrogens (tertiary/aromatic N) is 4. The number of amides is 1. The van der Waals surface area contributed by atoms with Crippen LogP contribution in [0.25, 0.3) is 10.6 Å². The van der Waals surface area contributed by atoms with Crippen molar-refractivity contribution in [2.45, 2.75) is 45.3 Å². The highest BCUT2D eigenvalue weighted by Crippen LogP contribution is 2.29. The van der Waals surface area contributed by atoms with E-state index in [4.69, 9.17) is 5.11 Å². The van der Waals surface area contributed by atoms with Crippen molar-refractivity contribution >= 4 is 45.9 Å². The Morgan fingerprint density at radius 2 is 2.21 bits per heavy atom. The summed E-state index contributed by atoms with van der Waals surface area (Å²) in [7, 11) is 0. The van der Waals surface area contributed by atoms with Gasteiger partial charge in [0.25, 0.3) is 0 Å². The summed E-state index contributed by atoms with van der Waals surface area (Å²) in [6.45, 7) is 5.88. The van der Waals surface area contributed by atoms with Gasteiger partial charge < -0.3 is 10.4 Å². The van der Waals surface area contributed by atoms with E-state index in [0.717, 1.165) is 51.4 Å². The minimum atomic E-state index is -1.02. The molecule has 1 fully saturated rings. The van der Waals surface area contributed by atoms with Gasteiger partial charge in [0.1, 0.15) is 10.3 Å². The Morgan fingerprint density at radius 1 is 1.41 bits per heavy atom. The average Bonchev–Trinajstić information content (AvgIpc) is 3.23. The second-order valence-electron chi connectivity index (χ2n) is 6.50. The Morgan fingerprint density at radius 3 is 2.93 bits per heavy atom. The Kier molecular flexibility index (Phi) is 6.75. The van der Waals surface area contributed by atoms with Gasteiger partial charge in [0, 0.05) is 17.5 Å². The summed E-state index contributed by atoms with van der Waals surface area (Å²) in [5.41, 5.74) is 3.60. The fourth-order valence-corrected chi connectivity index (χ4v) is 4.68. The Hall–Kier alpha value is -2.59. The van der Waals surface area contributed by atoms with Crippen LogP contribution in [0.5, 0.6) is 0 Å². The van der Waals surface area contributed by atoms with Gasteiger partial charge in [-0.05, 0) is 32.4 Å². The van der Waals surface area contributed by atoms with Gasteiger partial charge in [-0.1, -0.05) is 25.1 Å². The number of thiazole rings is 1. The number of aromatic nitrogens is 2. The molecule has 1 aliphatic heterocycles. The number of aliphatic carboxylic acids is 1. The highest BCUT2D eigenvalue weighted by atomic mass is 32.2. The van der Waals surface area contributed by atoms with Crippen LogP contribution in [0.3, 0.4) is 0 Å². The molecule has 0 aliphatic carbocycles. The second-order valence-corrected chi connectivity index (χ2v) is 8.69. The van der Waals surface area contributed by atoms with E-state index >= 15 is 0 Å². The number of thioether (sulfide) groups is 1. The molecule has 0 radical (unpaired) electrons. The van der Waals surface area contributed by atoms with E-state index in [9.17, 15) is 9.59 Å². The Bertz CT molecular complexity index is 999. The van der Waals surface area contributed by atoms with Crippen molar-refractivity contribution in [1.82, 2.24) is 15.3 Å². The number of carboxylic acids is 1. The van der Waals surface area contributed by atoms with Gasteiger partial charge in [-0.3, -0.25) is 14.6 Å². The van der Waals surface area contributed by atoms with Crippen LogP contribution >= 0.6 is 23.1 Å². The first-order chi connectivity index (χ1) is 13.9. The molecule has 152 valence electrons. The van der Waals surface area contributed by atoms with Gasteiger partial charge in [-0.2, -0.15) is 5.10 Å². The molecular formula is C19H21N5O3S2. The molecule has 1 saturated heterocycles. The van der Waals surface area contributed by atoms with E-state index in [-0.39, 0.29) is 12.3 Å². The number of carboxylic acid groups (broad SMARTS) is 1. The number of nitrogens with one attached hydrogen (secondary N) is 1. The Labute approximate surface area is 176 Å². The number of hydrogen-bond acceptors (Lipinski definition) is 8. The van der Waals surface area contributed by atoms with Crippen LogP contribution in [-0.2, 0) is 16.0 Å². The van der Waals surface area contributed by atoms with Crippen molar-refractivity contribution in [3.63, 3.8) is 0 Å². The van der Waals surface area contributed by atoms with Crippen molar-refractivity contribution in [1.29, 1.82) is 0 Å². The zero-order valence-corrected chi connectivity index (χ0v) is 17.9. The number of amidine groups is 1. The lowest BCUT2D eigenvalue weighted by molar-refractivity contribution is -0.138. The van der Waals surface area contributed by atoms with Crippen LogP contribution < -0.4 is 5.32 Å². The van der Waals surface area contributed by atoms with Gasteiger partial charge in [0.15, 0.2) is 5.17 Å². The molecule has 0 bridgehead atoms. The van der Waals surface area contributed by atoms with E-state index in [2.05, 4.69) is 38.5 Å². The quantitative estimate of drug-likeness (QED) is 0.513. The standard InChI is InChI=1S/C19H21N5O3S2/c1-4-5-13-8-12(6-7-20-13)18-21-10(2)16(29-18)11(3)23-24-19-22-17(27)14(28-19)9-15(25)26/h6-8,14H,4-5,9H2,1-3H3,(H,25,26)(H,22,24,27)/b23-11-/t14-/m1/s1. The number of pyridine rings is 1. The van der Waals surface area contributed by atoms with Crippen molar-refractivity contribution in [2.24, 2.45) is 10.2 Å². The van der Waals surface area contributed by atoms with Gasteiger partial charge in [0.05, 0.1) is 22.7 Å². The van der Waals surface area contributed by atoms with Crippen LogP contribution in [0.15, 0.2) is 28.5 Å². The SMILES string of the molecule is CCCc1cc(-c2nc(C)c(/C(C)=N\N=C3NC(=O)[C@@H](CC(=O)O)S3)s2)ccn1. The van der Waals surface area contributed by atoms with Crippen molar-refractivity contribution in [3.8, 4) is 10.6 Å². The molecular weight excluding hydrogens is 410 g/mol. The third-order valence-electron chi connectivity index (χ3n) is 4.12. The van der Waals surface area contributed by atoms with Gasteiger partial charge >= 0.3 is 5.97 Å². The van der Waals surface area contributed by atoms with Crippen LogP contribution in [0, 0.1) is 6.92 Å². The summed E-state index contributed by atoms with van der Waals surface area (Å²) in [6.07, 6.45) is 3.51. The number of carbonyl (C=O) groups is 2. The van der Waals surface area contributed by atoms with Crippen molar-refractivity contribution in [3.05, 3.63) is 34.6 Å². The second kappa shape index (κ2) is 9.27. The van der Waals surface area contributed by atoms with Crippen LogP contribution in [0.4, 0.5) is 0 Å². The predicted molar refractivity (Wildman–Crippen MR) is 115 cm³/mol. The fourth-order valence-electron chi connectivity index (χ4n) is 2.77. The third-order valence-corrected chi connectivity index (χ3v) is 6.51. The summed E-state index contributed by atoms with van der Waals surface area (Å²) in [6, 6.07) is 4.01. The fraction of sp³-hybridized carbons (Fsp3) is 0.368. The average molecular weight is 432 g/mol. The minimum absolute atomic E-state index is 0.249. The maximum atomic E-state index is 11.8. The number of rotatable bonds is 7. The predicted octanol–water partition coefficient (Wildman–Crippen LogP) is 3.25. The van der Waals surface area contributed by atoms with Gasteiger partial charge in [-0.15, -0.1) is 16.4 Å². The molecule has 29 heavy (non-hydrogen) atoms. The Balaban J connectivity index is 1.78. The molecule has 8 nitrogen and oxygen atoms in total. The maximum Gasteiger partial charge on any atom is 0.305 e. The molecule has 0 saturated carbocycles. The molecule has 1 aliphatic rings. The molecule has 3 rings (SSSR count). The zero-order valence-electron chi connectivity index (χ0n) is 16.3. The molecule has 0 aromatic carbocycles. The molecule has 0 unspecified atom stereocenters. The molecule has 0 spiro atoms. The largest absolute Gasteiger partial charge is 0.481 e. The number of aryl methyl sites for hydroxylation is 2. The highest BCUT2D eigenvalue weighted by Gasteiger charge is 2.32. The van der Waals surface area contributed by atoms with E-state index in [1.807, 2.05) is 19.9 Å². The monoisotopic (exact) mass is 431 g/mol. The first kappa shape index (κ1) is 21.1. The van der Waals surface area contributed by atoms with E-state index in [1.54, 1.807) is 6.20 Å². The summed E-state index contributed by atoms with van der Waals surface area (Å²) >= 11 is 2.61. The summed E-state index contributed by atoms with van der Waals surface area (Å²) in [5.74, 6) is -1.38. The molecule has 2 aromatic rings. The zero-order chi connectivity index (χ0) is 21.0. The van der Waals surface area contributed by atoms with E-state index in [1.165, 1.54) is 11.3 Å². The normalized spacial score (nSPS) is 18.3. The van der Waals surface area contributed by atoms with Gasteiger partial charge in [0.2, 0.25) is 5.91 Å². The number of hydrogen-bond donors (Lipinski definition) is 2. The molecule has 1 amide bonds. The lowest BCUT2D eigenvalue weighted by Gasteiger charge is -2.00. The summed E-state index contributed by atoms with van der Waals surface area (Å²) in [4.78, 5) is 32.5. The van der Waals surface area contributed by atoms with Crippen LogP contribution in [0.2, 0.25) is 0 Å². The highest BCUT2D eigenvalue weighted by molar-refractivity contribution is 8.15. The van der Waals surface area contributed by atoms with E-state index in [0.29, 0.717) is 10.9 Å². The first-order valence-corrected chi connectivity index (χ1v) is 10.8. The van der Waals surface area contributed by atoms with Crippen LogP contribution in [-0.4, -0.2) is 43.1 Å². The summed E-state index contributed by atoms with van der Waals surface area (Å²) in [5, 5.41) is 20.2. The molecule has 2 N–H and O–H groups in total. The molecule has 1 atom stereocenters. The molecule has 2 aromatic heterocycles. The maximum absolute atomic E-state index is 11.8. The van der Waals surface area contributed by atoms with E-state index < -0.39 is 11.2 Å². The van der Waals surface area contributed by atoms with Gasteiger partial charge in [-0.25, -0.2) is 4.98 Å². The number of carbonyl (C=O) groups excluding carboxylic acids is 1. The topological polar surface area (TPSA) is 117 Å². The lowest BCUT2D eigenvalue weighted by Crippen LogP contribution is -2.26. The summed E-state index contributed by atoms with van der Waals surface area (Å²) < 4.78 is 0. The minimum Gasteiger partial charge on any atom is -0.481 e. The van der Waals surface area contributed by atoms with Crippen molar-refractivity contribution < 1.29 is 14.7 Å². The first-order valence-electron chi connectivity index (χ1n) is 9.12. The lowest BCUT2D eigenvalue weighted by atomic mass is 10.2. The van der Waals surface area contributed by atoms with Crippen molar-refractivity contribution in [2.75, 3.05) is 0 Å². The molecule has 10 heteroatoms. The van der Waals surface area contributed by atoms with Crippen LogP contribution in [0.1, 0.15) is 43.0 Å². The third kappa shape index (κ3) is 5.27. The molecule has 3 heterocycles.